The Morgan fingerprint density at radius 1 is 0.895 bits per heavy atom. The maximum Gasteiger partial charge on any atom is 0.329 e. The zero-order chi connectivity index (χ0) is 26.3. The third-order valence-electron chi connectivity index (χ3n) is 6.77. The Bertz CT molecular complexity index is 1520. The quantitative estimate of drug-likeness (QED) is 0.227. The van der Waals surface area contributed by atoms with Gasteiger partial charge in [-0.1, -0.05) is 86.0 Å². The summed E-state index contributed by atoms with van der Waals surface area (Å²) in [6.45, 7) is 3.19. The molecule has 0 unspecified atom stereocenters. The average Bonchev–Trinajstić information content (AvgIpc) is 3.57. The number of hydrogen-bond donors (Lipinski definition) is 1. The molecule has 0 spiro atoms. The Hall–Kier alpha value is -4.04. The van der Waals surface area contributed by atoms with E-state index in [2.05, 4.69) is 44.7 Å². The summed E-state index contributed by atoms with van der Waals surface area (Å²) in [5, 5.41) is 14.8. The number of hydrogen-bond acceptors (Lipinski definition) is 5. The molecule has 3 heterocycles. The predicted octanol–water partition coefficient (Wildman–Crippen LogP) is 5.57. The van der Waals surface area contributed by atoms with Crippen molar-refractivity contribution in [3.63, 3.8) is 0 Å². The van der Waals surface area contributed by atoms with Gasteiger partial charge in [-0.15, -0.1) is 5.10 Å². The lowest BCUT2D eigenvalue weighted by molar-refractivity contribution is 0.622. The maximum absolute atomic E-state index is 13.5. The first-order chi connectivity index (χ1) is 18.7. The summed E-state index contributed by atoms with van der Waals surface area (Å²) in [7, 11) is 0. The first kappa shape index (κ1) is 25.6. The molecule has 5 aromatic rings. The number of halogens is 1. The summed E-state index contributed by atoms with van der Waals surface area (Å²) in [5.74, 6) is 0.584. The van der Waals surface area contributed by atoms with Crippen LogP contribution in [-0.2, 0) is 25.9 Å². The van der Waals surface area contributed by atoms with Crippen LogP contribution in [0.5, 0.6) is 0 Å². The molecule has 0 fully saturated rings. The zero-order valence-corrected chi connectivity index (χ0v) is 22.1. The van der Waals surface area contributed by atoms with Crippen molar-refractivity contribution in [1.29, 1.82) is 0 Å². The highest BCUT2D eigenvalue weighted by molar-refractivity contribution is 6.30. The largest absolute Gasteiger partial charge is 0.329 e. The number of tetrazole rings is 1. The van der Waals surface area contributed by atoms with Gasteiger partial charge in [0.2, 0.25) is 0 Å². The number of nitrogens with one attached hydrogen (secondary N) is 1. The molecule has 0 aliphatic carbocycles. The van der Waals surface area contributed by atoms with Gasteiger partial charge in [0.15, 0.2) is 5.82 Å². The molecule has 2 aromatic carbocycles. The van der Waals surface area contributed by atoms with Gasteiger partial charge in [-0.25, -0.2) is 9.89 Å². The van der Waals surface area contributed by atoms with Gasteiger partial charge in [-0.2, -0.15) is 0 Å². The molecule has 3 aromatic heterocycles. The molecule has 0 radical (unpaired) electrons. The van der Waals surface area contributed by atoms with Crippen LogP contribution >= 0.6 is 11.6 Å². The van der Waals surface area contributed by atoms with E-state index in [1.165, 1.54) is 5.56 Å². The van der Waals surface area contributed by atoms with Crippen LogP contribution in [0.1, 0.15) is 43.0 Å². The second-order valence-corrected chi connectivity index (χ2v) is 9.68. The van der Waals surface area contributed by atoms with Crippen LogP contribution in [-0.4, -0.2) is 34.7 Å². The fraction of sp³-hybridized carbons (Fsp3) is 0.276. The fourth-order valence-corrected chi connectivity index (χ4v) is 5.07. The number of pyridine rings is 1. The molecule has 0 amide bonds. The van der Waals surface area contributed by atoms with Crippen molar-refractivity contribution in [2.75, 3.05) is 0 Å². The highest BCUT2D eigenvalue weighted by Crippen LogP contribution is 2.29. The summed E-state index contributed by atoms with van der Waals surface area (Å²) in [6, 6.07) is 20.2. The van der Waals surface area contributed by atoms with E-state index < -0.39 is 0 Å². The van der Waals surface area contributed by atoms with Crippen LogP contribution in [0.15, 0.2) is 77.9 Å². The van der Waals surface area contributed by atoms with Crippen molar-refractivity contribution in [1.82, 2.24) is 34.7 Å². The standard InChI is InChI=1S/C29H30ClN7O/c1-2-3-5-10-26-27(30)36(18-16-21-8-6-4-7-9-21)29(38)37(26)20-22-11-13-23(14-12-22)25-19-31-17-15-24(25)28-32-34-35-33-28/h4,6-9,11-15,17,19H,2-3,5,10,16,18,20H2,1H3,(H,32,33,34,35). The topological polar surface area (TPSA) is 94.3 Å². The molecule has 5 rings (SSSR count). The van der Waals surface area contributed by atoms with E-state index in [4.69, 9.17) is 11.6 Å². The van der Waals surface area contributed by atoms with Gasteiger partial charge in [-0.3, -0.25) is 14.1 Å². The number of unbranched alkanes of at least 4 members (excludes halogenated alkanes) is 2. The van der Waals surface area contributed by atoms with E-state index in [1.54, 1.807) is 17.0 Å². The zero-order valence-electron chi connectivity index (χ0n) is 21.3. The minimum Gasteiger partial charge on any atom is -0.290 e. The molecule has 0 saturated carbocycles. The Morgan fingerprint density at radius 2 is 1.71 bits per heavy atom. The molecule has 1 N–H and O–H groups in total. The Balaban J connectivity index is 1.41. The van der Waals surface area contributed by atoms with Gasteiger partial charge >= 0.3 is 5.69 Å². The van der Waals surface area contributed by atoms with Crippen LogP contribution in [0.3, 0.4) is 0 Å². The summed E-state index contributed by atoms with van der Waals surface area (Å²) >= 11 is 6.83. The Kier molecular flexibility index (Phi) is 8.09. The summed E-state index contributed by atoms with van der Waals surface area (Å²) in [4.78, 5) is 17.8. The number of benzene rings is 2. The van der Waals surface area contributed by atoms with Crippen molar-refractivity contribution < 1.29 is 0 Å². The molecular formula is C29H30ClN7O. The molecule has 194 valence electrons. The molecule has 0 aliphatic rings. The third-order valence-corrected chi connectivity index (χ3v) is 7.20. The number of rotatable bonds is 11. The lowest BCUT2D eigenvalue weighted by Gasteiger charge is -2.10. The average molecular weight is 528 g/mol. The maximum atomic E-state index is 13.5. The predicted molar refractivity (Wildman–Crippen MR) is 149 cm³/mol. The number of H-pyrrole nitrogens is 1. The molecule has 0 saturated heterocycles. The van der Waals surface area contributed by atoms with Crippen LogP contribution in [0.4, 0.5) is 0 Å². The lowest BCUT2D eigenvalue weighted by atomic mass is 10.0. The SMILES string of the molecule is CCCCCc1c(Cl)n(CCc2ccccc2)c(=O)n1Cc1ccc(-c2cnccc2-c2nnn[nH]2)cc1. The second kappa shape index (κ2) is 12.0. The highest BCUT2D eigenvalue weighted by Gasteiger charge is 2.19. The van der Waals surface area contributed by atoms with Crippen molar-refractivity contribution >= 4 is 11.6 Å². The number of aromatic nitrogens is 7. The minimum absolute atomic E-state index is 0.0612. The van der Waals surface area contributed by atoms with Crippen LogP contribution in [0, 0.1) is 0 Å². The number of aryl methyl sites for hydroxylation is 1. The fourth-order valence-electron chi connectivity index (χ4n) is 4.71. The Labute approximate surface area is 226 Å². The summed E-state index contributed by atoms with van der Waals surface area (Å²) < 4.78 is 3.56. The molecule has 0 aliphatic heterocycles. The molecule has 0 bridgehead atoms. The van der Waals surface area contributed by atoms with Crippen LogP contribution in [0.25, 0.3) is 22.5 Å². The van der Waals surface area contributed by atoms with E-state index in [0.717, 1.165) is 60.1 Å². The van der Waals surface area contributed by atoms with Gasteiger partial charge < -0.3 is 0 Å². The summed E-state index contributed by atoms with van der Waals surface area (Å²) in [6.07, 6.45) is 8.26. The van der Waals surface area contributed by atoms with Gasteiger partial charge in [0, 0.05) is 30.1 Å². The van der Waals surface area contributed by atoms with Gasteiger partial charge in [0.25, 0.3) is 0 Å². The summed E-state index contributed by atoms with van der Waals surface area (Å²) in [5.41, 5.74) is 5.84. The molecule has 38 heavy (non-hydrogen) atoms. The van der Waals surface area contributed by atoms with Crippen molar-refractivity contribution in [2.45, 2.75) is 52.1 Å². The minimum atomic E-state index is -0.0612. The smallest absolute Gasteiger partial charge is 0.290 e. The van der Waals surface area contributed by atoms with E-state index in [1.807, 2.05) is 53.1 Å². The first-order valence-electron chi connectivity index (χ1n) is 12.9. The lowest BCUT2D eigenvalue weighted by Crippen LogP contribution is -2.26. The third kappa shape index (κ3) is 5.60. The monoisotopic (exact) mass is 527 g/mol. The van der Waals surface area contributed by atoms with Crippen LogP contribution in [0.2, 0.25) is 5.15 Å². The second-order valence-electron chi connectivity index (χ2n) is 9.32. The first-order valence-corrected chi connectivity index (χ1v) is 13.3. The van der Waals surface area contributed by atoms with Crippen LogP contribution < -0.4 is 5.69 Å². The van der Waals surface area contributed by atoms with Gasteiger partial charge in [0.1, 0.15) is 5.15 Å². The number of imidazole rings is 1. The normalized spacial score (nSPS) is 11.2. The van der Waals surface area contributed by atoms with E-state index >= 15 is 0 Å². The highest BCUT2D eigenvalue weighted by atomic mass is 35.5. The van der Waals surface area contributed by atoms with Gasteiger partial charge in [0.05, 0.1) is 12.2 Å². The van der Waals surface area contributed by atoms with Crippen molar-refractivity contribution in [3.05, 3.63) is 106 Å². The van der Waals surface area contributed by atoms with E-state index in [-0.39, 0.29) is 5.69 Å². The van der Waals surface area contributed by atoms with Crippen molar-refractivity contribution in [2.24, 2.45) is 0 Å². The molecule has 0 atom stereocenters. The van der Waals surface area contributed by atoms with E-state index in [0.29, 0.717) is 24.1 Å². The number of aromatic amines is 1. The molecule has 8 nitrogen and oxygen atoms in total. The number of nitrogens with zero attached hydrogens (tertiary/aromatic N) is 6. The van der Waals surface area contributed by atoms with E-state index in [9.17, 15) is 4.79 Å². The van der Waals surface area contributed by atoms with Gasteiger partial charge in [-0.05, 0) is 52.4 Å². The van der Waals surface area contributed by atoms with Crippen molar-refractivity contribution in [3.8, 4) is 22.5 Å². The molecular weight excluding hydrogens is 498 g/mol. The molecule has 9 heteroatoms. The Morgan fingerprint density at radius 3 is 2.45 bits per heavy atom.